The number of benzene rings is 1. The lowest BCUT2D eigenvalue weighted by Gasteiger charge is -2.22. The summed E-state index contributed by atoms with van der Waals surface area (Å²) < 4.78 is 0. The maximum Gasteiger partial charge on any atom is 0.269 e. The van der Waals surface area contributed by atoms with E-state index in [-0.39, 0.29) is 11.6 Å². The SMILES string of the molecule is C=C(C)C(=O)N(CCCC)c1ccc([N+](=O)[O-])cc1. The van der Waals surface area contributed by atoms with E-state index in [1.165, 1.54) is 12.1 Å². The largest absolute Gasteiger partial charge is 0.309 e. The average molecular weight is 262 g/mol. The Labute approximate surface area is 112 Å². The van der Waals surface area contributed by atoms with Crippen LogP contribution in [-0.2, 0) is 4.79 Å². The summed E-state index contributed by atoms with van der Waals surface area (Å²) in [6, 6.07) is 5.99. The molecule has 19 heavy (non-hydrogen) atoms. The quantitative estimate of drug-likeness (QED) is 0.449. The van der Waals surface area contributed by atoms with E-state index >= 15 is 0 Å². The van der Waals surface area contributed by atoms with E-state index in [1.54, 1.807) is 24.0 Å². The molecule has 0 aliphatic carbocycles. The van der Waals surface area contributed by atoms with Gasteiger partial charge in [0.2, 0.25) is 0 Å². The van der Waals surface area contributed by atoms with E-state index in [0.717, 1.165) is 12.8 Å². The van der Waals surface area contributed by atoms with Gasteiger partial charge in [-0.05, 0) is 25.5 Å². The van der Waals surface area contributed by atoms with Gasteiger partial charge in [0.05, 0.1) is 4.92 Å². The smallest absolute Gasteiger partial charge is 0.269 e. The maximum atomic E-state index is 12.1. The summed E-state index contributed by atoms with van der Waals surface area (Å²) in [5.41, 5.74) is 1.13. The topological polar surface area (TPSA) is 63.5 Å². The first kappa shape index (κ1) is 14.9. The number of carbonyl (C=O) groups is 1. The number of nitrogens with zero attached hydrogens (tertiary/aromatic N) is 2. The van der Waals surface area contributed by atoms with E-state index in [4.69, 9.17) is 0 Å². The van der Waals surface area contributed by atoms with Gasteiger partial charge in [0.15, 0.2) is 0 Å². The van der Waals surface area contributed by atoms with Crippen LogP contribution in [0.4, 0.5) is 11.4 Å². The molecule has 0 aliphatic rings. The van der Waals surface area contributed by atoms with Crippen LogP contribution < -0.4 is 4.90 Å². The third kappa shape index (κ3) is 3.91. The highest BCUT2D eigenvalue weighted by molar-refractivity contribution is 6.04. The van der Waals surface area contributed by atoms with Crippen molar-refractivity contribution < 1.29 is 9.72 Å². The molecule has 5 nitrogen and oxygen atoms in total. The molecule has 0 radical (unpaired) electrons. The number of unbranched alkanes of at least 4 members (excludes halogenated alkanes) is 1. The van der Waals surface area contributed by atoms with E-state index in [1.807, 2.05) is 6.92 Å². The molecule has 0 saturated heterocycles. The zero-order valence-electron chi connectivity index (χ0n) is 11.3. The van der Waals surface area contributed by atoms with Gasteiger partial charge >= 0.3 is 0 Å². The fourth-order valence-corrected chi connectivity index (χ4v) is 1.65. The first-order chi connectivity index (χ1) is 8.97. The molecule has 102 valence electrons. The Morgan fingerprint density at radius 3 is 2.37 bits per heavy atom. The molecule has 1 amide bonds. The number of amides is 1. The third-order valence-electron chi connectivity index (χ3n) is 2.72. The molecule has 0 aromatic heterocycles. The first-order valence-electron chi connectivity index (χ1n) is 6.19. The Balaban J connectivity index is 2.99. The minimum Gasteiger partial charge on any atom is -0.309 e. The lowest BCUT2D eigenvalue weighted by atomic mass is 10.2. The van der Waals surface area contributed by atoms with Gasteiger partial charge in [-0.25, -0.2) is 0 Å². The molecule has 1 aromatic carbocycles. The van der Waals surface area contributed by atoms with Crippen LogP contribution in [0.2, 0.25) is 0 Å². The summed E-state index contributed by atoms with van der Waals surface area (Å²) in [4.78, 5) is 23.8. The molecule has 0 saturated carbocycles. The molecule has 0 bridgehead atoms. The van der Waals surface area contributed by atoms with Crippen molar-refractivity contribution in [3.8, 4) is 0 Å². The molecule has 1 rings (SSSR count). The summed E-state index contributed by atoms with van der Waals surface area (Å²) >= 11 is 0. The molecule has 0 spiro atoms. The van der Waals surface area contributed by atoms with Crippen LogP contribution in [0.1, 0.15) is 26.7 Å². The molecular formula is C14H18N2O3. The highest BCUT2D eigenvalue weighted by Gasteiger charge is 2.16. The van der Waals surface area contributed by atoms with Gasteiger partial charge in [-0.3, -0.25) is 14.9 Å². The number of rotatable bonds is 6. The van der Waals surface area contributed by atoms with E-state index in [0.29, 0.717) is 17.8 Å². The predicted octanol–water partition coefficient (Wildman–Crippen LogP) is 3.30. The Morgan fingerprint density at radius 2 is 1.95 bits per heavy atom. The van der Waals surface area contributed by atoms with Gasteiger partial charge < -0.3 is 4.90 Å². The van der Waals surface area contributed by atoms with E-state index < -0.39 is 4.92 Å². The molecule has 0 N–H and O–H groups in total. The van der Waals surface area contributed by atoms with Gasteiger partial charge in [-0.1, -0.05) is 19.9 Å². The van der Waals surface area contributed by atoms with Gasteiger partial charge in [0, 0.05) is 29.9 Å². The number of anilines is 1. The van der Waals surface area contributed by atoms with E-state index in [9.17, 15) is 14.9 Å². The van der Waals surface area contributed by atoms with Crippen molar-refractivity contribution in [1.82, 2.24) is 0 Å². The first-order valence-corrected chi connectivity index (χ1v) is 6.19. The van der Waals surface area contributed by atoms with Crippen LogP contribution >= 0.6 is 0 Å². The zero-order valence-corrected chi connectivity index (χ0v) is 11.3. The second-order valence-corrected chi connectivity index (χ2v) is 4.36. The fourth-order valence-electron chi connectivity index (χ4n) is 1.65. The van der Waals surface area contributed by atoms with Crippen LogP contribution in [0.25, 0.3) is 0 Å². The summed E-state index contributed by atoms with van der Waals surface area (Å²) in [7, 11) is 0. The highest BCUT2D eigenvalue weighted by atomic mass is 16.6. The number of carbonyl (C=O) groups excluding carboxylic acids is 1. The predicted molar refractivity (Wildman–Crippen MR) is 75.2 cm³/mol. The Kier molecular flexibility index (Phi) is 5.23. The van der Waals surface area contributed by atoms with Crippen molar-refractivity contribution in [1.29, 1.82) is 0 Å². The average Bonchev–Trinajstić information content (AvgIpc) is 2.39. The number of non-ortho nitro benzene ring substituents is 1. The highest BCUT2D eigenvalue weighted by Crippen LogP contribution is 2.21. The van der Waals surface area contributed by atoms with Gasteiger partial charge in [0.25, 0.3) is 11.6 Å². The summed E-state index contributed by atoms with van der Waals surface area (Å²) in [5.74, 6) is -0.151. The molecular weight excluding hydrogens is 244 g/mol. The minimum atomic E-state index is -0.458. The third-order valence-corrected chi connectivity index (χ3v) is 2.72. The van der Waals surface area contributed by atoms with E-state index in [2.05, 4.69) is 6.58 Å². The monoisotopic (exact) mass is 262 g/mol. The van der Waals surface area contributed by atoms with Crippen LogP contribution in [-0.4, -0.2) is 17.4 Å². The van der Waals surface area contributed by atoms with Gasteiger partial charge in [-0.2, -0.15) is 0 Å². The van der Waals surface area contributed by atoms with Gasteiger partial charge in [0.1, 0.15) is 0 Å². The summed E-state index contributed by atoms with van der Waals surface area (Å²) in [6.07, 6.45) is 1.84. The minimum absolute atomic E-state index is 0.0157. The normalized spacial score (nSPS) is 10.0. The van der Waals surface area contributed by atoms with Crippen molar-refractivity contribution in [3.05, 3.63) is 46.5 Å². The molecule has 0 unspecified atom stereocenters. The van der Waals surface area contributed by atoms with Crippen LogP contribution in [0, 0.1) is 10.1 Å². The van der Waals surface area contributed by atoms with Crippen molar-refractivity contribution in [3.63, 3.8) is 0 Å². The maximum absolute atomic E-state index is 12.1. The summed E-state index contributed by atoms with van der Waals surface area (Å²) in [5, 5.41) is 10.6. The number of nitro benzene ring substituents is 1. The lowest BCUT2D eigenvalue weighted by molar-refractivity contribution is -0.384. The molecule has 0 heterocycles. The second kappa shape index (κ2) is 6.68. The van der Waals surface area contributed by atoms with Gasteiger partial charge in [-0.15, -0.1) is 0 Å². The lowest BCUT2D eigenvalue weighted by Crippen LogP contribution is -2.32. The molecule has 1 aromatic rings. The summed E-state index contributed by atoms with van der Waals surface area (Å²) in [6.45, 7) is 7.94. The van der Waals surface area contributed by atoms with Crippen LogP contribution in [0.3, 0.4) is 0 Å². The molecule has 0 aliphatic heterocycles. The zero-order chi connectivity index (χ0) is 14.4. The number of nitro groups is 1. The van der Waals surface area contributed by atoms with Crippen LogP contribution in [0.5, 0.6) is 0 Å². The number of hydrogen-bond donors (Lipinski definition) is 0. The Bertz CT molecular complexity index is 480. The molecule has 5 heteroatoms. The van der Waals surface area contributed by atoms with Crippen molar-refractivity contribution in [2.75, 3.05) is 11.4 Å². The number of hydrogen-bond acceptors (Lipinski definition) is 3. The van der Waals surface area contributed by atoms with Crippen molar-refractivity contribution in [2.45, 2.75) is 26.7 Å². The molecule has 0 atom stereocenters. The molecule has 0 fully saturated rings. The fraction of sp³-hybridized carbons (Fsp3) is 0.357. The Hall–Kier alpha value is -2.17. The second-order valence-electron chi connectivity index (χ2n) is 4.36. The van der Waals surface area contributed by atoms with Crippen molar-refractivity contribution in [2.24, 2.45) is 0 Å². The Morgan fingerprint density at radius 1 is 1.37 bits per heavy atom. The van der Waals surface area contributed by atoms with Crippen LogP contribution in [0.15, 0.2) is 36.4 Å². The van der Waals surface area contributed by atoms with Crippen molar-refractivity contribution >= 4 is 17.3 Å². The standard InChI is InChI=1S/C14H18N2O3/c1-4-5-10-15(14(17)11(2)3)12-6-8-13(9-7-12)16(18)19/h6-9H,2,4-5,10H2,1,3H3.